The van der Waals surface area contributed by atoms with Gasteiger partial charge in [0, 0.05) is 7.05 Å². The number of hydrogen-bond acceptors (Lipinski definition) is 2. The number of amides is 1. The molecule has 1 aliphatic rings. The first-order chi connectivity index (χ1) is 6.10. The maximum Gasteiger partial charge on any atom is 0.239 e. The van der Waals surface area contributed by atoms with Gasteiger partial charge in [-0.1, -0.05) is 5.92 Å². The summed E-state index contributed by atoms with van der Waals surface area (Å²) in [5.41, 5.74) is 0. The first kappa shape index (κ1) is 10.5. The lowest BCUT2D eigenvalue weighted by Crippen LogP contribution is -2.41. The van der Waals surface area contributed by atoms with E-state index in [4.69, 9.17) is 6.42 Å². The first-order valence-corrected chi connectivity index (χ1v) is 5.42. The third-order valence-corrected chi connectivity index (χ3v) is 3.86. The van der Waals surface area contributed by atoms with E-state index in [2.05, 4.69) is 5.92 Å². The number of carbonyl (C=O) groups excluding carboxylic acids is 1. The predicted molar refractivity (Wildman–Crippen MR) is 56.6 cm³/mol. The van der Waals surface area contributed by atoms with Crippen molar-refractivity contribution in [1.82, 2.24) is 4.90 Å². The van der Waals surface area contributed by atoms with Crippen molar-refractivity contribution in [2.45, 2.75) is 24.5 Å². The van der Waals surface area contributed by atoms with E-state index >= 15 is 0 Å². The Kier molecular flexibility index (Phi) is 3.27. The molecule has 1 atom stereocenters. The number of thioether (sulfide) groups is 1. The van der Waals surface area contributed by atoms with E-state index in [0.717, 1.165) is 18.6 Å². The van der Waals surface area contributed by atoms with Crippen LogP contribution >= 0.6 is 11.8 Å². The molecule has 1 aliphatic heterocycles. The summed E-state index contributed by atoms with van der Waals surface area (Å²) in [6.45, 7) is 2.43. The van der Waals surface area contributed by atoms with Crippen LogP contribution in [-0.4, -0.2) is 34.9 Å². The van der Waals surface area contributed by atoms with Crippen LogP contribution in [0.2, 0.25) is 0 Å². The molecule has 1 rings (SSSR count). The van der Waals surface area contributed by atoms with E-state index in [0.29, 0.717) is 6.54 Å². The van der Waals surface area contributed by atoms with Gasteiger partial charge < -0.3 is 4.90 Å². The molecular weight excluding hydrogens is 182 g/mol. The van der Waals surface area contributed by atoms with Crippen molar-refractivity contribution in [3.8, 4) is 12.3 Å². The summed E-state index contributed by atoms with van der Waals surface area (Å²) >= 11 is 1.75. The minimum atomic E-state index is -0.217. The minimum absolute atomic E-state index is 0.174. The van der Waals surface area contributed by atoms with Crippen LogP contribution in [0.25, 0.3) is 0 Å². The zero-order valence-electron chi connectivity index (χ0n) is 8.17. The Morgan fingerprint density at radius 1 is 1.77 bits per heavy atom. The van der Waals surface area contributed by atoms with Crippen LogP contribution in [0.1, 0.15) is 19.8 Å². The predicted octanol–water partition coefficient (Wildman–Crippen LogP) is 1.36. The molecule has 13 heavy (non-hydrogen) atoms. The summed E-state index contributed by atoms with van der Waals surface area (Å²) in [4.78, 5) is 13.5. The number of carbonyl (C=O) groups is 1. The van der Waals surface area contributed by atoms with Crippen molar-refractivity contribution in [3.05, 3.63) is 0 Å². The zero-order valence-corrected chi connectivity index (χ0v) is 8.99. The van der Waals surface area contributed by atoms with Crippen LogP contribution in [0.3, 0.4) is 0 Å². The Bertz CT molecular complexity index is 238. The van der Waals surface area contributed by atoms with E-state index in [1.54, 1.807) is 23.7 Å². The highest BCUT2D eigenvalue weighted by Crippen LogP contribution is 2.38. The van der Waals surface area contributed by atoms with E-state index in [-0.39, 0.29) is 10.7 Å². The SMILES string of the molecule is C#CCN(C)C(=O)C1(C)CCCS1. The molecule has 0 N–H and O–H groups in total. The van der Waals surface area contributed by atoms with E-state index in [9.17, 15) is 4.79 Å². The third-order valence-electron chi connectivity index (χ3n) is 2.35. The fraction of sp³-hybridized carbons (Fsp3) is 0.700. The Morgan fingerprint density at radius 2 is 2.46 bits per heavy atom. The topological polar surface area (TPSA) is 20.3 Å². The van der Waals surface area contributed by atoms with Crippen molar-refractivity contribution in [2.75, 3.05) is 19.3 Å². The highest BCUT2D eigenvalue weighted by atomic mass is 32.2. The minimum Gasteiger partial charge on any atom is -0.333 e. The molecule has 1 saturated heterocycles. The Hall–Kier alpha value is -0.620. The molecule has 3 heteroatoms. The van der Waals surface area contributed by atoms with Gasteiger partial charge in [0.05, 0.1) is 11.3 Å². The molecule has 1 amide bonds. The van der Waals surface area contributed by atoms with Crippen molar-refractivity contribution in [2.24, 2.45) is 0 Å². The summed E-state index contributed by atoms with van der Waals surface area (Å²) in [5.74, 6) is 3.75. The van der Waals surface area contributed by atoms with Gasteiger partial charge >= 0.3 is 0 Å². The summed E-state index contributed by atoms with van der Waals surface area (Å²) in [6, 6.07) is 0. The maximum absolute atomic E-state index is 11.9. The number of terminal acetylenes is 1. The lowest BCUT2D eigenvalue weighted by molar-refractivity contribution is -0.131. The van der Waals surface area contributed by atoms with Gasteiger partial charge in [-0.2, -0.15) is 0 Å². The second kappa shape index (κ2) is 4.06. The van der Waals surface area contributed by atoms with Gasteiger partial charge in [-0.15, -0.1) is 18.2 Å². The fourth-order valence-corrected chi connectivity index (χ4v) is 2.87. The highest BCUT2D eigenvalue weighted by Gasteiger charge is 2.38. The van der Waals surface area contributed by atoms with Crippen LogP contribution in [0.5, 0.6) is 0 Å². The van der Waals surface area contributed by atoms with E-state index in [1.165, 1.54) is 0 Å². The van der Waals surface area contributed by atoms with Gasteiger partial charge in [-0.25, -0.2) is 0 Å². The van der Waals surface area contributed by atoms with Gasteiger partial charge in [-0.3, -0.25) is 4.79 Å². The van der Waals surface area contributed by atoms with Crippen LogP contribution in [0, 0.1) is 12.3 Å². The van der Waals surface area contributed by atoms with Crippen LogP contribution < -0.4 is 0 Å². The number of hydrogen-bond donors (Lipinski definition) is 0. The van der Waals surface area contributed by atoms with Crippen LogP contribution in [-0.2, 0) is 4.79 Å². The van der Waals surface area contributed by atoms with E-state index in [1.807, 2.05) is 6.92 Å². The van der Waals surface area contributed by atoms with Crippen LogP contribution in [0.4, 0.5) is 0 Å². The molecular formula is C10H15NOS. The fourth-order valence-electron chi connectivity index (χ4n) is 1.56. The average Bonchev–Trinajstić information content (AvgIpc) is 2.52. The van der Waals surface area contributed by atoms with Crippen molar-refractivity contribution < 1.29 is 4.79 Å². The van der Waals surface area contributed by atoms with Gasteiger partial charge in [-0.05, 0) is 25.5 Å². The molecule has 2 nitrogen and oxygen atoms in total. The molecule has 1 heterocycles. The molecule has 0 spiro atoms. The molecule has 1 unspecified atom stereocenters. The Labute approximate surface area is 84.1 Å². The summed E-state index contributed by atoms with van der Waals surface area (Å²) in [5, 5.41) is 0. The molecule has 0 bridgehead atoms. The average molecular weight is 197 g/mol. The van der Waals surface area contributed by atoms with Crippen molar-refractivity contribution in [1.29, 1.82) is 0 Å². The standard InChI is InChI=1S/C10H15NOS/c1-4-7-11(3)9(12)10(2)6-5-8-13-10/h1H,5-8H2,2-3H3. The largest absolute Gasteiger partial charge is 0.333 e. The monoisotopic (exact) mass is 197 g/mol. The van der Waals surface area contributed by atoms with Gasteiger partial charge in [0.1, 0.15) is 0 Å². The summed E-state index contributed by atoms with van der Waals surface area (Å²) in [6.07, 6.45) is 7.27. The number of nitrogens with zero attached hydrogens (tertiary/aromatic N) is 1. The molecule has 0 aromatic carbocycles. The second-order valence-corrected chi connectivity index (χ2v) is 5.15. The Balaban J connectivity index is 2.61. The molecule has 0 saturated carbocycles. The molecule has 0 aliphatic carbocycles. The maximum atomic E-state index is 11.9. The van der Waals surface area contributed by atoms with Gasteiger partial charge in [0.25, 0.3) is 0 Å². The zero-order chi connectivity index (χ0) is 9.90. The normalized spacial score (nSPS) is 26.8. The summed E-state index contributed by atoms with van der Waals surface area (Å²) in [7, 11) is 1.77. The summed E-state index contributed by atoms with van der Waals surface area (Å²) < 4.78 is -0.217. The van der Waals surface area contributed by atoms with Crippen molar-refractivity contribution in [3.63, 3.8) is 0 Å². The van der Waals surface area contributed by atoms with Crippen molar-refractivity contribution >= 4 is 17.7 Å². The van der Waals surface area contributed by atoms with Gasteiger partial charge in [0.15, 0.2) is 0 Å². The first-order valence-electron chi connectivity index (χ1n) is 4.43. The lowest BCUT2D eigenvalue weighted by atomic mass is 10.0. The quantitative estimate of drug-likeness (QED) is 0.623. The Morgan fingerprint density at radius 3 is 2.92 bits per heavy atom. The molecule has 0 radical (unpaired) electrons. The van der Waals surface area contributed by atoms with Gasteiger partial charge in [0.2, 0.25) is 5.91 Å². The lowest BCUT2D eigenvalue weighted by Gasteiger charge is -2.26. The second-order valence-electron chi connectivity index (χ2n) is 3.55. The van der Waals surface area contributed by atoms with E-state index < -0.39 is 0 Å². The third kappa shape index (κ3) is 2.19. The molecule has 72 valence electrons. The molecule has 0 aromatic heterocycles. The molecule has 1 fully saturated rings. The molecule has 0 aromatic rings. The highest BCUT2D eigenvalue weighted by molar-refractivity contribution is 8.01. The van der Waals surface area contributed by atoms with Crippen LogP contribution in [0.15, 0.2) is 0 Å². The number of rotatable bonds is 2. The smallest absolute Gasteiger partial charge is 0.239 e.